The zero-order valence-electron chi connectivity index (χ0n) is 20.0. The molecule has 0 aliphatic carbocycles. The standard InChI is InChI=1S/C25H32ClN3O6/c1-14(2)19(27)13-35-22-9-15(3)18(26)11-17(22)23(31)28-20(10-16-7-5-4-6-8-16)24(32)29-21(12-30)25(33)34/h4-9,11,14,19-21,30H,10,12-13,27H2,1-3H3,(H,28,31)(H,29,32)(H,33,34)/t19-,20+,21+/m1/s1. The van der Waals surface area contributed by atoms with Crippen LogP contribution in [0.3, 0.4) is 0 Å². The number of aliphatic hydroxyl groups excluding tert-OH is 1. The SMILES string of the molecule is Cc1cc(OC[C@@H](N)C(C)C)c(C(=O)N[C@@H](Cc2ccccc2)C(=O)N[C@@H](CO)C(=O)O)cc1Cl. The van der Waals surface area contributed by atoms with Crippen molar-refractivity contribution in [1.82, 2.24) is 10.6 Å². The summed E-state index contributed by atoms with van der Waals surface area (Å²) in [5, 5.41) is 23.7. The van der Waals surface area contributed by atoms with E-state index in [1.54, 1.807) is 37.3 Å². The Bertz CT molecular complexity index is 1030. The molecule has 35 heavy (non-hydrogen) atoms. The number of carbonyl (C=O) groups excluding carboxylic acids is 2. The molecular formula is C25H32ClN3O6. The smallest absolute Gasteiger partial charge is 0.328 e. The zero-order valence-corrected chi connectivity index (χ0v) is 20.7. The second-order valence-electron chi connectivity index (χ2n) is 8.61. The number of aliphatic hydroxyl groups is 1. The van der Waals surface area contributed by atoms with Crippen molar-refractivity contribution >= 4 is 29.4 Å². The number of amides is 2. The van der Waals surface area contributed by atoms with Crippen molar-refractivity contribution < 1.29 is 29.3 Å². The Morgan fingerprint density at radius 1 is 1.09 bits per heavy atom. The molecule has 0 aromatic heterocycles. The second-order valence-corrected chi connectivity index (χ2v) is 9.02. The molecule has 0 bridgehead atoms. The van der Waals surface area contributed by atoms with E-state index in [0.717, 1.165) is 5.56 Å². The van der Waals surface area contributed by atoms with E-state index < -0.39 is 36.5 Å². The summed E-state index contributed by atoms with van der Waals surface area (Å²) >= 11 is 6.26. The minimum atomic E-state index is -1.51. The van der Waals surface area contributed by atoms with Gasteiger partial charge in [0.25, 0.3) is 5.91 Å². The summed E-state index contributed by atoms with van der Waals surface area (Å²) < 4.78 is 5.84. The van der Waals surface area contributed by atoms with Crippen molar-refractivity contribution in [3.8, 4) is 5.75 Å². The Hall–Kier alpha value is -3.14. The fraction of sp³-hybridized carbons (Fsp3) is 0.400. The van der Waals surface area contributed by atoms with Gasteiger partial charge in [-0.1, -0.05) is 55.8 Å². The van der Waals surface area contributed by atoms with Gasteiger partial charge in [-0.05, 0) is 36.1 Å². The van der Waals surface area contributed by atoms with Gasteiger partial charge in [-0.2, -0.15) is 0 Å². The number of carbonyl (C=O) groups is 3. The van der Waals surface area contributed by atoms with Crippen molar-refractivity contribution in [1.29, 1.82) is 0 Å². The summed E-state index contributed by atoms with van der Waals surface area (Å²) in [5.74, 6) is -2.36. The number of rotatable bonds is 12. The quantitative estimate of drug-likeness (QED) is 0.295. The van der Waals surface area contributed by atoms with E-state index in [1.807, 2.05) is 19.9 Å². The van der Waals surface area contributed by atoms with Gasteiger partial charge < -0.3 is 31.3 Å². The number of aliphatic carboxylic acids is 1. The van der Waals surface area contributed by atoms with Crippen LogP contribution in [-0.4, -0.2) is 59.3 Å². The lowest BCUT2D eigenvalue weighted by Gasteiger charge is -2.22. The Balaban J connectivity index is 2.32. The average molecular weight is 506 g/mol. The van der Waals surface area contributed by atoms with Crippen LogP contribution in [0.4, 0.5) is 0 Å². The lowest BCUT2D eigenvalue weighted by Crippen LogP contribution is -2.53. The van der Waals surface area contributed by atoms with E-state index >= 15 is 0 Å². The summed E-state index contributed by atoms with van der Waals surface area (Å²) in [6.45, 7) is 5.06. The summed E-state index contributed by atoms with van der Waals surface area (Å²) in [7, 11) is 0. The minimum Gasteiger partial charge on any atom is -0.491 e. The van der Waals surface area contributed by atoms with Crippen LogP contribution >= 0.6 is 11.6 Å². The van der Waals surface area contributed by atoms with E-state index in [9.17, 15) is 24.6 Å². The molecular weight excluding hydrogens is 474 g/mol. The first kappa shape index (κ1) is 28.1. The molecule has 10 heteroatoms. The van der Waals surface area contributed by atoms with Crippen molar-refractivity contribution in [3.63, 3.8) is 0 Å². The zero-order chi connectivity index (χ0) is 26.1. The molecule has 0 saturated heterocycles. The van der Waals surface area contributed by atoms with Gasteiger partial charge >= 0.3 is 5.97 Å². The first-order chi connectivity index (χ1) is 16.5. The lowest BCUT2D eigenvalue weighted by molar-refractivity contribution is -0.143. The van der Waals surface area contributed by atoms with Crippen LogP contribution in [0.15, 0.2) is 42.5 Å². The molecule has 2 amide bonds. The third-order valence-electron chi connectivity index (χ3n) is 5.49. The molecule has 0 saturated carbocycles. The van der Waals surface area contributed by atoms with Crippen molar-refractivity contribution in [2.24, 2.45) is 11.7 Å². The fourth-order valence-corrected chi connectivity index (χ4v) is 3.25. The van der Waals surface area contributed by atoms with Crippen LogP contribution in [0, 0.1) is 12.8 Å². The van der Waals surface area contributed by atoms with Crippen molar-refractivity contribution in [2.45, 2.75) is 45.3 Å². The maximum absolute atomic E-state index is 13.3. The molecule has 0 radical (unpaired) electrons. The van der Waals surface area contributed by atoms with Crippen LogP contribution in [0.1, 0.15) is 35.3 Å². The van der Waals surface area contributed by atoms with Crippen LogP contribution in [0.2, 0.25) is 5.02 Å². The van der Waals surface area contributed by atoms with Crippen molar-refractivity contribution in [2.75, 3.05) is 13.2 Å². The number of nitrogens with one attached hydrogen (secondary N) is 2. The van der Waals surface area contributed by atoms with E-state index in [4.69, 9.17) is 22.1 Å². The normalized spacial score (nSPS) is 13.6. The summed E-state index contributed by atoms with van der Waals surface area (Å²) in [5.41, 5.74) is 7.62. The predicted molar refractivity (Wildman–Crippen MR) is 133 cm³/mol. The Labute approximate surface area is 209 Å². The maximum Gasteiger partial charge on any atom is 0.328 e. The lowest BCUT2D eigenvalue weighted by atomic mass is 10.0. The van der Waals surface area contributed by atoms with Gasteiger partial charge in [0, 0.05) is 17.5 Å². The van der Waals surface area contributed by atoms with Gasteiger partial charge in [0.15, 0.2) is 0 Å². The molecule has 0 spiro atoms. The van der Waals surface area contributed by atoms with E-state index in [2.05, 4.69) is 10.6 Å². The van der Waals surface area contributed by atoms with Gasteiger partial charge in [-0.15, -0.1) is 0 Å². The summed E-state index contributed by atoms with van der Waals surface area (Å²) in [6, 6.07) is 9.10. The number of benzene rings is 2. The number of halogens is 1. The predicted octanol–water partition coefficient (Wildman–Crippen LogP) is 1.91. The highest BCUT2D eigenvalue weighted by Crippen LogP contribution is 2.27. The molecule has 2 aromatic rings. The number of nitrogens with two attached hydrogens (primary N) is 1. The Morgan fingerprint density at radius 3 is 2.31 bits per heavy atom. The molecule has 0 aliphatic heterocycles. The van der Waals surface area contributed by atoms with E-state index in [-0.39, 0.29) is 36.3 Å². The molecule has 3 atom stereocenters. The van der Waals surface area contributed by atoms with Gasteiger partial charge in [0.1, 0.15) is 24.4 Å². The highest BCUT2D eigenvalue weighted by molar-refractivity contribution is 6.31. The molecule has 2 aromatic carbocycles. The molecule has 0 unspecified atom stereocenters. The summed E-state index contributed by atoms with van der Waals surface area (Å²) in [6.07, 6.45) is 0.0875. The monoisotopic (exact) mass is 505 g/mol. The number of aryl methyl sites for hydroxylation is 1. The topological polar surface area (TPSA) is 151 Å². The highest BCUT2D eigenvalue weighted by atomic mass is 35.5. The maximum atomic E-state index is 13.3. The molecule has 0 aliphatic rings. The van der Waals surface area contributed by atoms with Gasteiger partial charge in [0.05, 0.1) is 12.2 Å². The average Bonchev–Trinajstić information content (AvgIpc) is 2.82. The number of carboxylic acid groups (broad SMARTS) is 1. The molecule has 2 rings (SSSR count). The largest absolute Gasteiger partial charge is 0.491 e. The Morgan fingerprint density at radius 2 is 1.74 bits per heavy atom. The fourth-order valence-electron chi connectivity index (χ4n) is 3.08. The van der Waals surface area contributed by atoms with E-state index in [0.29, 0.717) is 10.6 Å². The molecule has 190 valence electrons. The van der Waals surface area contributed by atoms with E-state index in [1.165, 1.54) is 6.07 Å². The first-order valence-electron chi connectivity index (χ1n) is 11.2. The number of hydrogen-bond donors (Lipinski definition) is 5. The van der Waals surface area contributed by atoms with Crippen molar-refractivity contribution in [3.05, 3.63) is 64.2 Å². The first-order valence-corrected chi connectivity index (χ1v) is 11.6. The Kier molecular flexibility index (Phi) is 10.5. The van der Waals surface area contributed by atoms with Crippen LogP contribution < -0.4 is 21.1 Å². The molecule has 0 fully saturated rings. The van der Waals surface area contributed by atoms with Crippen LogP contribution in [0.5, 0.6) is 5.75 Å². The summed E-state index contributed by atoms with van der Waals surface area (Å²) in [4.78, 5) is 37.5. The van der Waals surface area contributed by atoms with Gasteiger partial charge in [-0.3, -0.25) is 9.59 Å². The molecule has 6 N–H and O–H groups in total. The molecule has 9 nitrogen and oxygen atoms in total. The van der Waals surface area contributed by atoms with Crippen LogP contribution in [0.25, 0.3) is 0 Å². The third kappa shape index (κ3) is 8.24. The second kappa shape index (κ2) is 13.1. The molecule has 0 heterocycles. The van der Waals surface area contributed by atoms with Gasteiger partial charge in [-0.25, -0.2) is 4.79 Å². The number of hydrogen-bond acceptors (Lipinski definition) is 6. The number of ether oxygens (including phenoxy) is 1. The minimum absolute atomic E-state index is 0.0875. The third-order valence-corrected chi connectivity index (χ3v) is 5.90. The highest BCUT2D eigenvalue weighted by Gasteiger charge is 2.28. The van der Waals surface area contributed by atoms with Gasteiger partial charge in [0.2, 0.25) is 5.91 Å². The number of carboxylic acids is 1. The van der Waals surface area contributed by atoms with Crippen LogP contribution in [-0.2, 0) is 16.0 Å².